The fourth-order valence-corrected chi connectivity index (χ4v) is 3.24. The number of carbonyl (C=O) groups excluding carboxylic acids is 2. The van der Waals surface area contributed by atoms with E-state index in [4.69, 9.17) is 0 Å². The van der Waals surface area contributed by atoms with Crippen LogP contribution in [0.1, 0.15) is 44.9 Å². The molecule has 3 atom stereocenters. The molecule has 21 heavy (non-hydrogen) atoms. The molecule has 6 heteroatoms. The molecule has 2 rings (SSSR count). The molecule has 6 nitrogen and oxygen atoms in total. The van der Waals surface area contributed by atoms with Crippen molar-refractivity contribution in [2.75, 3.05) is 13.6 Å². The molecule has 0 spiro atoms. The Bertz CT molecular complexity index is 424. The van der Waals surface area contributed by atoms with E-state index >= 15 is 0 Å². The molecule has 1 unspecified atom stereocenters. The molecule has 0 bridgehead atoms. The van der Waals surface area contributed by atoms with E-state index in [2.05, 4.69) is 5.32 Å². The van der Waals surface area contributed by atoms with Crippen molar-refractivity contribution in [2.24, 2.45) is 11.8 Å². The number of likely N-dealkylation sites (tertiary alicyclic amines) is 1. The fourth-order valence-electron chi connectivity index (χ4n) is 3.24. The minimum absolute atomic E-state index is 0.0166. The van der Waals surface area contributed by atoms with Crippen molar-refractivity contribution < 1.29 is 19.5 Å². The van der Waals surface area contributed by atoms with Crippen LogP contribution < -0.4 is 5.32 Å². The van der Waals surface area contributed by atoms with Gasteiger partial charge >= 0.3 is 5.97 Å². The first-order valence-electron chi connectivity index (χ1n) is 7.76. The van der Waals surface area contributed by atoms with Crippen LogP contribution in [0.3, 0.4) is 0 Å². The van der Waals surface area contributed by atoms with Crippen molar-refractivity contribution in [3.05, 3.63) is 0 Å². The number of nitrogens with zero attached hydrogens (tertiary/aromatic N) is 1. The maximum atomic E-state index is 12.3. The highest BCUT2D eigenvalue weighted by molar-refractivity contribution is 5.87. The Morgan fingerprint density at radius 1 is 1.19 bits per heavy atom. The van der Waals surface area contributed by atoms with E-state index in [0.29, 0.717) is 25.8 Å². The van der Waals surface area contributed by atoms with E-state index in [-0.39, 0.29) is 30.2 Å². The number of piperidine rings is 1. The monoisotopic (exact) mass is 296 g/mol. The van der Waals surface area contributed by atoms with Gasteiger partial charge in [-0.25, -0.2) is 0 Å². The van der Waals surface area contributed by atoms with E-state index < -0.39 is 11.9 Å². The van der Waals surface area contributed by atoms with E-state index in [1.807, 2.05) is 0 Å². The lowest BCUT2D eigenvalue weighted by molar-refractivity contribution is -0.144. The average Bonchev–Trinajstić information content (AvgIpc) is 2.67. The molecule has 2 aliphatic rings. The molecular formula is C15H24N2O4. The fraction of sp³-hybridized carbons (Fsp3) is 0.800. The summed E-state index contributed by atoms with van der Waals surface area (Å²) >= 11 is 0. The van der Waals surface area contributed by atoms with Gasteiger partial charge in [-0.15, -0.1) is 0 Å². The molecule has 1 saturated heterocycles. The zero-order valence-corrected chi connectivity index (χ0v) is 12.5. The van der Waals surface area contributed by atoms with Crippen LogP contribution >= 0.6 is 0 Å². The number of amides is 2. The summed E-state index contributed by atoms with van der Waals surface area (Å²) in [6.07, 6.45) is 5.07. The summed E-state index contributed by atoms with van der Waals surface area (Å²) in [6, 6.07) is -0.299. The summed E-state index contributed by atoms with van der Waals surface area (Å²) in [5, 5.41) is 12.2. The van der Waals surface area contributed by atoms with Crippen molar-refractivity contribution >= 4 is 17.8 Å². The third kappa shape index (κ3) is 3.95. The van der Waals surface area contributed by atoms with Gasteiger partial charge in [0.05, 0.1) is 5.92 Å². The smallest absolute Gasteiger partial charge is 0.308 e. The van der Waals surface area contributed by atoms with Crippen molar-refractivity contribution in [1.82, 2.24) is 10.2 Å². The second-order valence-electron chi connectivity index (χ2n) is 6.20. The highest BCUT2D eigenvalue weighted by Gasteiger charge is 2.34. The third-order valence-electron chi connectivity index (χ3n) is 4.69. The van der Waals surface area contributed by atoms with Gasteiger partial charge in [-0.05, 0) is 19.3 Å². The number of aliphatic carboxylic acids is 1. The Labute approximate surface area is 124 Å². The maximum absolute atomic E-state index is 12.3. The molecule has 0 aromatic rings. The Morgan fingerprint density at radius 2 is 1.90 bits per heavy atom. The van der Waals surface area contributed by atoms with Gasteiger partial charge in [0.15, 0.2) is 0 Å². The van der Waals surface area contributed by atoms with Gasteiger partial charge in [0.2, 0.25) is 11.8 Å². The Morgan fingerprint density at radius 3 is 2.57 bits per heavy atom. The van der Waals surface area contributed by atoms with Crippen LogP contribution in [-0.4, -0.2) is 47.4 Å². The van der Waals surface area contributed by atoms with Crippen LogP contribution in [0.5, 0.6) is 0 Å². The normalized spacial score (nSPS) is 30.6. The lowest BCUT2D eigenvalue weighted by Crippen LogP contribution is -2.48. The molecule has 2 N–H and O–H groups in total. The van der Waals surface area contributed by atoms with Crippen LogP contribution in [0.25, 0.3) is 0 Å². The molecule has 2 fully saturated rings. The number of carboxylic acids is 1. The molecule has 0 aromatic heterocycles. The van der Waals surface area contributed by atoms with Crippen LogP contribution in [0.15, 0.2) is 0 Å². The predicted octanol–water partition coefficient (Wildman–Crippen LogP) is 1.00. The summed E-state index contributed by atoms with van der Waals surface area (Å²) in [7, 11) is 1.74. The summed E-state index contributed by atoms with van der Waals surface area (Å²) in [6.45, 7) is 0.587. The van der Waals surface area contributed by atoms with Gasteiger partial charge in [-0.1, -0.05) is 19.3 Å². The first-order chi connectivity index (χ1) is 9.99. The zero-order chi connectivity index (χ0) is 15.4. The van der Waals surface area contributed by atoms with Gasteiger partial charge < -0.3 is 15.3 Å². The summed E-state index contributed by atoms with van der Waals surface area (Å²) in [5.41, 5.74) is 0. The first kappa shape index (κ1) is 15.8. The SMILES string of the molecule is CN1CCC(C(=O)N[C@H]2CCCCC[C@H]2C(=O)O)CC1=O. The summed E-state index contributed by atoms with van der Waals surface area (Å²) < 4.78 is 0. The van der Waals surface area contributed by atoms with Crippen molar-refractivity contribution in [3.8, 4) is 0 Å². The number of rotatable bonds is 3. The third-order valence-corrected chi connectivity index (χ3v) is 4.69. The van der Waals surface area contributed by atoms with E-state index in [1.54, 1.807) is 11.9 Å². The lowest BCUT2D eigenvalue weighted by Gasteiger charge is -2.30. The number of hydrogen-bond donors (Lipinski definition) is 2. The predicted molar refractivity (Wildman–Crippen MR) is 76.5 cm³/mol. The van der Waals surface area contributed by atoms with Crippen LogP contribution in [0.4, 0.5) is 0 Å². The van der Waals surface area contributed by atoms with E-state index in [1.165, 1.54) is 0 Å². The van der Waals surface area contributed by atoms with Crippen molar-refractivity contribution in [2.45, 2.75) is 51.0 Å². The lowest BCUT2D eigenvalue weighted by atomic mass is 9.91. The quantitative estimate of drug-likeness (QED) is 0.761. The molecular weight excluding hydrogens is 272 g/mol. The van der Waals surface area contributed by atoms with Crippen molar-refractivity contribution in [1.29, 1.82) is 0 Å². The molecule has 0 radical (unpaired) electrons. The highest BCUT2D eigenvalue weighted by atomic mass is 16.4. The second-order valence-corrected chi connectivity index (χ2v) is 6.20. The average molecular weight is 296 g/mol. The number of hydrogen-bond acceptors (Lipinski definition) is 3. The van der Waals surface area contributed by atoms with E-state index in [9.17, 15) is 19.5 Å². The van der Waals surface area contributed by atoms with Gasteiger partial charge in [-0.2, -0.15) is 0 Å². The van der Waals surface area contributed by atoms with Gasteiger partial charge in [0, 0.05) is 32.0 Å². The van der Waals surface area contributed by atoms with E-state index in [0.717, 1.165) is 19.3 Å². The molecule has 0 aromatic carbocycles. The maximum Gasteiger partial charge on any atom is 0.308 e. The first-order valence-corrected chi connectivity index (χ1v) is 7.76. The molecule has 1 saturated carbocycles. The minimum Gasteiger partial charge on any atom is -0.481 e. The minimum atomic E-state index is -0.832. The molecule has 2 amide bonds. The largest absolute Gasteiger partial charge is 0.481 e. The Balaban J connectivity index is 1.96. The Hall–Kier alpha value is -1.59. The van der Waals surface area contributed by atoms with Crippen LogP contribution in [-0.2, 0) is 14.4 Å². The topological polar surface area (TPSA) is 86.7 Å². The van der Waals surface area contributed by atoms with Crippen LogP contribution in [0, 0.1) is 11.8 Å². The standard InChI is InChI=1S/C15H24N2O4/c1-17-8-7-10(9-13(17)18)14(19)16-12-6-4-2-3-5-11(12)15(20)21/h10-12H,2-9H2,1H3,(H,16,19)(H,20,21)/t10?,11-,12+/m1/s1. The van der Waals surface area contributed by atoms with Crippen LogP contribution in [0.2, 0.25) is 0 Å². The number of carbonyl (C=O) groups is 3. The van der Waals surface area contributed by atoms with Gasteiger partial charge in [0.25, 0.3) is 0 Å². The molecule has 1 aliphatic heterocycles. The molecule has 1 aliphatic carbocycles. The zero-order valence-electron chi connectivity index (χ0n) is 12.5. The molecule has 118 valence electrons. The summed E-state index contributed by atoms with van der Waals surface area (Å²) in [5.74, 6) is -1.82. The van der Waals surface area contributed by atoms with Crippen molar-refractivity contribution in [3.63, 3.8) is 0 Å². The second kappa shape index (κ2) is 6.91. The number of nitrogens with one attached hydrogen (secondary N) is 1. The Kier molecular flexibility index (Phi) is 5.20. The number of carboxylic acid groups (broad SMARTS) is 1. The summed E-state index contributed by atoms with van der Waals surface area (Å²) in [4.78, 5) is 37.0. The molecule has 1 heterocycles. The van der Waals surface area contributed by atoms with Gasteiger partial charge in [-0.3, -0.25) is 14.4 Å². The van der Waals surface area contributed by atoms with Gasteiger partial charge in [0.1, 0.15) is 0 Å². The highest BCUT2D eigenvalue weighted by Crippen LogP contribution is 2.25.